The summed E-state index contributed by atoms with van der Waals surface area (Å²) in [5.41, 5.74) is 0. The van der Waals surface area contributed by atoms with Crippen LogP contribution in [0.1, 0.15) is 0 Å². The van der Waals surface area contributed by atoms with Gasteiger partial charge in [0.2, 0.25) is 0 Å². The average Bonchev–Trinajstić information content (AvgIpc) is 1.36. The van der Waals surface area contributed by atoms with Crippen LogP contribution in [0.3, 0.4) is 0 Å². The third-order valence-corrected chi connectivity index (χ3v) is 0. The van der Waals surface area contributed by atoms with Gasteiger partial charge in [0.05, 0.1) is 0 Å². The molecule has 7 heteroatoms. The molecule has 0 aromatic rings. The molecule has 0 heterocycles. The monoisotopic (exact) mass is 185 g/mol. The molecule has 0 atom stereocenters. The Morgan fingerprint density at radius 1 is 1.25 bits per heavy atom. The Morgan fingerprint density at radius 2 is 1.25 bits per heavy atom. The SMILES string of the molecule is O=S(=O)([O-])[O-].[C-]#N.[Cu]. The van der Waals surface area contributed by atoms with Crippen molar-refractivity contribution in [3.05, 3.63) is 6.57 Å². The summed E-state index contributed by atoms with van der Waals surface area (Å²) in [6.45, 7) is 4.75. The maximum atomic E-state index is 8.52. The molecule has 0 aromatic carbocycles. The molecule has 0 fully saturated rings. The third kappa shape index (κ3) is 9640. The number of hydrogen-bond donors (Lipinski definition) is 0. The second-order valence-electron chi connectivity index (χ2n) is 0.408. The van der Waals surface area contributed by atoms with Crippen molar-refractivity contribution < 1.29 is 34.6 Å². The first-order valence-electron chi connectivity index (χ1n) is 0.890. The van der Waals surface area contributed by atoms with E-state index in [4.69, 9.17) is 29.4 Å². The summed E-state index contributed by atoms with van der Waals surface area (Å²) >= 11 is 0. The van der Waals surface area contributed by atoms with E-state index in [2.05, 4.69) is 0 Å². The Balaban J connectivity index is -0.0000000750. The van der Waals surface area contributed by atoms with Gasteiger partial charge >= 0.3 is 0 Å². The average molecular weight is 186 g/mol. The van der Waals surface area contributed by atoms with Crippen molar-refractivity contribution in [2.75, 3.05) is 0 Å². The molecule has 0 amide bonds. The molecule has 0 bridgehead atoms. The van der Waals surface area contributed by atoms with Crippen LogP contribution in [0.15, 0.2) is 0 Å². The molecule has 0 spiro atoms. The summed E-state index contributed by atoms with van der Waals surface area (Å²) in [5.74, 6) is 0. The van der Waals surface area contributed by atoms with Crippen LogP contribution in [0.25, 0.3) is 0 Å². The molecule has 0 saturated heterocycles. The van der Waals surface area contributed by atoms with Gasteiger partial charge in [-0.25, -0.2) is 0 Å². The minimum absolute atomic E-state index is 0. The Hall–Kier alpha value is -0.121. The predicted molar refractivity (Wildman–Crippen MR) is 15.4 cm³/mol. The molecule has 0 rings (SSSR count). The third-order valence-electron chi connectivity index (χ3n) is 0. The molecule has 1 radical (unpaired) electrons. The fourth-order valence-corrected chi connectivity index (χ4v) is 0. The van der Waals surface area contributed by atoms with Gasteiger partial charge in [-0.2, -0.15) is 0 Å². The zero-order chi connectivity index (χ0) is 6.50. The van der Waals surface area contributed by atoms with Crippen molar-refractivity contribution in [2.45, 2.75) is 0 Å². The van der Waals surface area contributed by atoms with Crippen molar-refractivity contribution in [1.82, 2.24) is 0 Å². The maximum Gasteiger partial charge on any atom is 0.0311 e. The van der Waals surface area contributed by atoms with Gasteiger partial charge in [-0.3, -0.25) is 8.42 Å². The summed E-state index contributed by atoms with van der Waals surface area (Å²) in [7, 11) is -5.17. The Labute approximate surface area is 57.4 Å². The second-order valence-corrected chi connectivity index (χ2v) is 1.22. The topological polar surface area (TPSA) is 104 Å². The van der Waals surface area contributed by atoms with Crippen LogP contribution in [-0.2, 0) is 27.5 Å². The first kappa shape index (κ1) is 15.7. The summed E-state index contributed by atoms with van der Waals surface area (Å²) in [4.78, 5) is 0. The summed E-state index contributed by atoms with van der Waals surface area (Å²) < 4.78 is 34.1. The smallest absolute Gasteiger partial charge is 0.0311 e. The molecule has 0 aliphatic carbocycles. The van der Waals surface area contributed by atoms with Gasteiger partial charge in [-0.15, -0.1) is 0 Å². The van der Waals surface area contributed by atoms with E-state index in [1.807, 2.05) is 0 Å². The van der Waals surface area contributed by atoms with Gasteiger partial charge in [0, 0.05) is 27.5 Å². The van der Waals surface area contributed by atoms with Crippen molar-refractivity contribution in [1.29, 1.82) is 5.26 Å². The van der Waals surface area contributed by atoms with Gasteiger partial charge in [-0.1, -0.05) is 0 Å². The zero-order valence-electron chi connectivity index (χ0n) is 3.29. The van der Waals surface area contributed by atoms with E-state index in [1.165, 1.54) is 0 Å². The maximum absolute atomic E-state index is 8.52. The van der Waals surface area contributed by atoms with Gasteiger partial charge in [0.25, 0.3) is 0 Å². The summed E-state index contributed by atoms with van der Waals surface area (Å²) in [6.07, 6.45) is 0. The van der Waals surface area contributed by atoms with E-state index in [-0.39, 0.29) is 17.1 Å². The van der Waals surface area contributed by atoms with Crippen LogP contribution >= 0.6 is 0 Å². The van der Waals surface area contributed by atoms with E-state index in [1.54, 1.807) is 0 Å². The molecule has 0 unspecified atom stereocenters. The fraction of sp³-hybridized carbons (Fsp3) is 0. The van der Waals surface area contributed by atoms with Gasteiger partial charge in [0.1, 0.15) is 0 Å². The van der Waals surface area contributed by atoms with Crippen LogP contribution in [-0.4, -0.2) is 17.5 Å². The molecular weight excluding hydrogens is 186 g/mol. The minimum Gasteiger partial charge on any atom is -0.759 e. The Bertz CT molecular complexity index is 127. The van der Waals surface area contributed by atoms with Gasteiger partial charge in [0.15, 0.2) is 0 Å². The summed E-state index contributed by atoms with van der Waals surface area (Å²) in [6, 6.07) is 0. The number of rotatable bonds is 0. The number of hydrogen-bond acceptors (Lipinski definition) is 5. The fourth-order valence-electron chi connectivity index (χ4n) is 0. The van der Waals surface area contributed by atoms with Crippen LogP contribution in [0.5, 0.6) is 0 Å². The standard InChI is InChI=1S/CN.Cu.H2O4S/c1-2;;1-5(2,3)4/h;;(H2,1,2,3,4)/q-1;;/p-2. The first-order valence-corrected chi connectivity index (χ1v) is 2.22. The van der Waals surface area contributed by atoms with Gasteiger partial charge < -0.3 is 20.9 Å². The van der Waals surface area contributed by atoms with E-state index in [9.17, 15) is 0 Å². The molecule has 53 valence electrons. The molecule has 8 heavy (non-hydrogen) atoms. The van der Waals surface area contributed by atoms with Crippen molar-refractivity contribution >= 4 is 10.4 Å². The van der Waals surface area contributed by atoms with Crippen LogP contribution in [0.4, 0.5) is 0 Å². The molecule has 0 aromatic heterocycles. The molecule has 0 saturated carbocycles. The zero-order valence-corrected chi connectivity index (χ0v) is 5.05. The molecular formula is CCuNO4S-3. The number of nitrogens with zero attached hydrogens (tertiary/aromatic N) is 1. The van der Waals surface area contributed by atoms with Crippen LogP contribution < -0.4 is 0 Å². The largest absolute Gasteiger partial charge is 0.759 e. The van der Waals surface area contributed by atoms with E-state index in [0.717, 1.165) is 0 Å². The van der Waals surface area contributed by atoms with E-state index < -0.39 is 10.4 Å². The van der Waals surface area contributed by atoms with E-state index >= 15 is 0 Å². The minimum atomic E-state index is -5.17. The summed E-state index contributed by atoms with van der Waals surface area (Å²) in [5, 5.41) is 6.25. The molecule has 0 N–H and O–H groups in total. The second kappa shape index (κ2) is 6.88. The molecule has 5 nitrogen and oxygen atoms in total. The Kier molecular flexibility index (Phi) is 13.5. The normalized spacial score (nSPS) is 7.50. The van der Waals surface area contributed by atoms with Crippen molar-refractivity contribution in [3.8, 4) is 0 Å². The van der Waals surface area contributed by atoms with Crippen molar-refractivity contribution in [2.24, 2.45) is 0 Å². The molecule has 0 aliphatic heterocycles. The first-order chi connectivity index (χ1) is 3.00. The quantitative estimate of drug-likeness (QED) is 0.203. The molecule has 0 aliphatic rings. The Morgan fingerprint density at radius 3 is 1.25 bits per heavy atom. The van der Waals surface area contributed by atoms with E-state index in [0.29, 0.717) is 0 Å². The van der Waals surface area contributed by atoms with Crippen LogP contribution in [0, 0.1) is 11.8 Å². The van der Waals surface area contributed by atoms with Gasteiger partial charge in [-0.05, 0) is 0 Å². The van der Waals surface area contributed by atoms with Crippen LogP contribution in [0.2, 0.25) is 0 Å². The predicted octanol–water partition coefficient (Wildman–Crippen LogP) is -1.24. The van der Waals surface area contributed by atoms with Crippen molar-refractivity contribution in [3.63, 3.8) is 0 Å².